The molecule has 0 aromatic heterocycles. The number of rotatable bonds is 3. The van der Waals surface area contributed by atoms with Gasteiger partial charge in [0, 0.05) is 12.0 Å². The molecular weight excluding hydrogens is 284 g/mol. The number of fused-ring (bicyclic) bond motifs is 1. The lowest BCUT2D eigenvalue weighted by Gasteiger charge is -2.00. The Bertz CT molecular complexity index is 800. The van der Waals surface area contributed by atoms with Crippen molar-refractivity contribution in [2.24, 2.45) is 0 Å². The number of hydrogen-bond acceptors (Lipinski definition) is 2. The highest BCUT2D eigenvalue weighted by Crippen LogP contribution is 2.26. The maximum atomic E-state index is 12.2. The van der Waals surface area contributed by atoms with Crippen molar-refractivity contribution in [2.75, 3.05) is 0 Å². The number of allylic oxidation sites excluding steroid dienone is 4. The standard InChI is InChI=1S/C18H13ClO2/c19-18-13(8-10-17(18)21)7-9-16(20)15-6-5-12-3-1-2-4-14(12)11-15/h1-7,9,11H,8,10H2/b9-7+. The van der Waals surface area contributed by atoms with Gasteiger partial charge in [0.2, 0.25) is 0 Å². The van der Waals surface area contributed by atoms with Gasteiger partial charge in [-0.2, -0.15) is 0 Å². The lowest BCUT2D eigenvalue weighted by Crippen LogP contribution is -1.94. The molecule has 0 heterocycles. The van der Waals surface area contributed by atoms with Crippen molar-refractivity contribution in [1.82, 2.24) is 0 Å². The Hall–Kier alpha value is -2.19. The van der Waals surface area contributed by atoms with E-state index in [2.05, 4.69) is 0 Å². The summed E-state index contributed by atoms with van der Waals surface area (Å²) in [6.07, 6.45) is 4.19. The Morgan fingerprint density at radius 2 is 1.81 bits per heavy atom. The first-order chi connectivity index (χ1) is 10.1. The summed E-state index contributed by atoms with van der Waals surface area (Å²) in [6.45, 7) is 0. The first-order valence-electron chi connectivity index (χ1n) is 6.78. The summed E-state index contributed by atoms with van der Waals surface area (Å²) in [5.41, 5.74) is 1.38. The van der Waals surface area contributed by atoms with Crippen LogP contribution in [-0.2, 0) is 4.79 Å². The highest BCUT2D eigenvalue weighted by molar-refractivity contribution is 6.43. The van der Waals surface area contributed by atoms with Gasteiger partial charge in [-0.05, 0) is 34.9 Å². The molecule has 0 saturated heterocycles. The van der Waals surface area contributed by atoms with Gasteiger partial charge in [-0.1, -0.05) is 54.1 Å². The second kappa shape index (κ2) is 5.66. The number of ketones is 2. The Kier molecular flexibility index (Phi) is 3.72. The summed E-state index contributed by atoms with van der Waals surface area (Å²) in [7, 11) is 0. The minimum absolute atomic E-state index is 0.0468. The van der Waals surface area contributed by atoms with Gasteiger partial charge in [0.05, 0.1) is 5.03 Å². The molecule has 1 aliphatic rings. The third-order valence-corrected chi connectivity index (χ3v) is 4.07. The van der Waals surface area contributed by atoms with Crippen LogP contribution in [0, 0.1) is 0 Å². The average Bonchev–Trinajstić information content (AvgIpc) is 2.84. The molecule has 0 spiro atoms. The van der Waals surface area contributed by atoms with Crippen molar-refractivity contribution in [1.29, 1.82) is 0 Å². The van der Waals surface area contributed by atoms with E-state index < -0.39 is 0 Å². The van der Waals surface area contributed by atoms with Crippen LogP contribution in [0.4, 0.5) is 0 Å². The molecule has 0 fully saturated rings. The fourth-order valence-corrected chi connectivity index (χ4v) is 2.67. The second-order valence-corrected chi connectivity index (χ2v) is 5.40. The highest BCUT2D eigenvalue weighted by Gasteiger charge is 2.19. The van der Waals surface area contributed by atoms with Crippen molar-refractivity contribution < 1.29 is 9.59 Å². The van der Waals surface area contributed by atoms with Crippen molar-refractivity contribution in [2.45, 2.75) is 12.8 Å². The molecule has 3 heteroatoms. The summed E-state index contributed by atoms with van der Waals surface area (Å²) >= 11 is 5.90. The van der Waals surface area contributed by atoms with E-state index in [1.165, 1.54) is 6.08 Å². The van der Waals surface area contributed by atoms with Crippen molar-refractivity contribution in [3.05, 3.63) is 70.8 Å². The van der Waals surface area contributed by atoms with E-state index in [-0.39, 0.29) is 16.6 Å². The quantitative estimate of drug-likeness (QED) is 0.620. The molecule has 104 valence electrons. The minimum Gasteiger partial charge on any atom is -0.293 e. The molecule has 0 N–H and O–H groups in total. The lowest BCUT2D eigenvalue weighted by atomic mass is 10.0. The van der Waals surface area contributed by atoms with Crippen molar-refractivity contribution in [3.8, 4) is 0 Å². The maximum absolute atomic E-state index is 12.2. The highest BCUT2D eigenvalue weighted by atomic mass is 35.5. The zero-order chi connectivity index (χ0) is 14.8. The summed E-state index contributed by atoms with van der Waals surface area (Å²) in [6, 6.07) is 13.5. The van der Waals surface area contributed by atoms with Gasteiger partial charge in [0.1, 0.15) is 0 Å². The minimum atomic E-state index is -0.0860. The van der Waals surface area contributed by atoms with Crippen molar-refractivity contribution >= 4 is 33.9 Å². The van der Waals surface area contributed by atoms with E-state index in [1.807, 2.05) is 42.5 Å². The molecule has 1 aliphatic carbocycles. The van der Waals surface area contributed by atoms with Gasteiger partial charge in [0.15, 0.2) is 11.6 Å². The fraction of sp³-hybridized carbons (Fsp3) is 0.111. The SMILES string of the molecule is O=C1CCC(/C=C/C(=O)c2ccc3ccccc3c2)=C1Cl. The van der Waals surface area contributed by atoms with Gasteiger partial charge >= 0.3 is 0 Å². The molecule has 0 aliphatic heterocycles. The smallest absolute Gasteiger partial charge is 0.185 e. The van der Waals surface area contributed by atoms with Crippen LogP contribution in [0.2, 0.25) is 0 Å². The molecule has 21 heavy (non-hydrogen) atoms. The third-order valence-electron chi connectivity index (χ3n) is 3.62. The fourth-order valence-electron chi connectivity index (χ4n) is 2.42. The largest absolute Gasteiger partial charge is 0.293 e. The summed E-state index contributed by atoms with van der Waals surface area (Å²) in [5, 5.41) is 2.40. The van der Waals surface area contributed by atoms with Crippen molar-refractivity contribution in [3.63, 3.8) is 0 Å². The van der Waals surface area contributed by atoms with E-state index in [4.69, 9.17) is 11.6 Å². The number of carbonyl (C=O) groups excluding carboxylic acids is 2. The molecule has 2 aromatic rings. The molecule has 0 radical (unpaired) electrons. The molecular formula is C18H13ClO2. The second-order valence-electron chi connectivity index (χ2n) is 5.02. The Morgan fingerprint density at radius 1 is 1.05 bits per heavy atom. The molecule has 2 aromatic carbocycles. The molecule has 0 amide bonds. The van der Waals surface area contributed by atoms with Gasteiger partial charge in [0.25, 0.3) is 0 Å². The van der Waals surface area contributed by atoms with Crippen LogP contribution in [0.1, 0.15) is 23.2 Å². The van der Waals surface area contributed by atoms with Gasteiger partial charge in [-0.25, -0.2) is 0 Å². The molecule has 0 saturated carbocycles. The Labute approximate surface area is 127 Å². The predicted molar refractivity (Wildman–Crippen MR) is 84.5 cm³/mol. The number of benzene rings is 2. The van der Waals surface area contributed by atoms with Gasteiger partial charge in [-0.3, -0.25) is 9.59 Å². The topological polar surface area (TPSA) is 34.1 Å². The summed E-state index contributed by atoms with van der Waals surface area (Å²) in [5.74, 6) is -0.133. The Morgan fingerprint density at radius 3 is 2.52 bits per heavy atom. The van der Waals surface area contributed by atoms with Gasteiger partial charge in [-0.15, -0.1) is 0 Å². The van der Waals surface area contributed by atoms with Crippen LogP contribution in [-0.4, -0.2) is 11.6 Å². The number of hydrogen-bond donors (Lipinski definition) is 0. The van der Waals surface area contributed by atoms with Crippen LogP contribution in [0.3, 0.4) is 0 Å². The lowest BCUT2D eigenvalue weighted by molar-refractivity contribution is -0.114. The van der Waals surface area contributed by atoms with Gasteiger partial charge < -0.3 is 0 Å². The number of halogens is 1. The zero-order valence-corrected chi connectivity index (χ0v) is 12.1. The Balaban J connectivity index is 1.86. The number of Topliss-reactive ketones (excluding diaryl/α,β-unsaturated/α-hetero) is 1. The molecule has 0 atom stereocenters. The predicted octanol–water partition coefficient (Wildman–Crippen LogP) is 4.43. The normalized spacial score (nSPS) is 15.4. The van der Waals surface area contributed by atoms with E-state index in [0.29, 0.717) is 18.4 Å². The summed E-state index contributed by atoms with van der Waals surface area (Å²) in [4.78, 5) is 23.5. The van der Waals surface area contributed by atoms with E-state index in [9.17, 15) is 9.59 Å². The van der Waals surface area contributed by atoms with Crippen LogP contribution in [0.15, 0.2) is 65.2 Å². The summed E-state index contributed by atoms with van der Waals surface area (Å²) < 4.78 is 0. The van der Waals surface area contributed by atoms with Crippen LogP contribution in [0.25, 0.3) is 10.8 Å². The monoisotopic (exact) mass is 296 g/mol. The van der Waals surface area contributed by atoms with E-state index in [1.54, 1.807) is 6.08 Å². The molecule has 3 rings (SSSR count). The zero-order valence-electron chi connectivity index (χ0n) is 11.3. The maximum Gasteiger partial charge on any atom is 0.185 e. The van der Waals surface area contributed by atoms with Crippen LogP contribution >= 0.6 is 11.6 Å². The van der Waals surface area contributed by atoms with Crippen LogP contribution in [0.5, 0.6) is 0 Å². The first kappa shape index (κ1) is 13.8. The average molecular weight is 297 g/mol. The molecule has 2 nitrogen and oxygen atoms in total. The van der Waals surface area contributed by atoms with E-state index in [0.717, 1.165) is 16.3 Å². The third kappa shape index (κ3) is 2.81. The first-order valence-corrected chi connectivity index (χ1v) is 7.16. The van der Waals surface area contributed by atoms with Crippen LogP contribution < -0.4 is 0 Å². The molecule has 0 unspecified atom stereocenters. The van der Waals surface area contributed by atoms with E-state index >= 15 is 0 Å². The number of carbonyl (C=O) groups is 2. The molecule has 0 bridgehead atoms.